The van der Waals surface area contributed by atoms with Crippen LogP contribution in [0.4, 0.5) is 0 Å². The van der Waals surface area contributed by atoms with Gasteiger partial charge in [-0.1, -0.05) is 41.6 Å². The summed E-state index contributed by atoms with van der Waals surface area (Å²) in [6.45, 7) is 3.25. The molecular formula is C18H21Cl4N5S. The van der Waals surface area contributed by atoms with Gasteiger partial charge in [-0.15, -0.1) is 35.6 Å². The quantitative estimate of drug-likeness (QED) is 0.233. The second-order valence-corrected chi connectivity index (χ2v) is 8.02. The Balaban J connectivity index is 0.00000280. The molecular weight excluding hydrogens is 460 g/mol. The van der Waals surface area contributed by atoms with Crippen LogP contribution in [0, 0.1) is 0 Å². The average Bonchev–Trinajstić information content (AvgIpc) is 3.10. The van der Waals surface area contributed by atoms with Crippen molar-refractivity contribution in [3.05, 3.63) is 47.5 Å². The molecule has 1 aromatic carbocycles. The minimum atomic E-state index is 0. The molecule has 2 heterocycles. The number of thioether (sulfide) groups is 1. The molecule has 0 saturated heterocycles. The number of fused-ring (bicyclic) bond motifs is 1. The summed E-state index contributed by atoms with van der Waals surface area (Å²) in [5.41, 5.74) is 2.73. The van der Waals surface area contributed by atoms with E-state index in [1.165, 1.54) is 0 Å². The molecule has 0 fully saturated rings. The summed E-state index contributed by atoms with van der Waals surface area (Å²) < 4.78 is 2.05. The van der Waals surface area contributed by atoms with Gasteiger partial charge < -0.3 is 4.57 Å². The van der Waals surface area contributed by atoms with Crippen LogP contribution in [0.3, 0.4) is 0 Å². The van der Waals surface area contributed by atoms with E-state index in [1.54, 1.807) is 18.1 Å². The maximum absolute atomic E-state index is 6.25. The molecule has 0 bridgehead atoms. The molecule has 3 rings (SSSR count). The predicted octanol–water partition coefficient (Wildman–Crippen LogP) is 4.97. The molecule has 152 valence electrons. The molecule has 0 saturated carbocycles. The lowest BCUT2D eigenvalue weighted by molar-refractivity contribution is 0.295. The van der Waals surface area contributed by atoms with Gasteiger partial charge in [-0.3, -0.25) is 4.90 Å². The van der Waals surface area contributed by atoms with Crippen LogP contribution in [0.25, 0.3) is 11.2 Å². The van der Waals surface area contributed by atoms with Gasteiger partial charge in [-0.25, -0.2) is 15.0 Å². The van der Waals surface area contributed by atoms with E-state index >= 15 is 0 Å². The molecule has 0 aliphatic carbocycles. The van der Waals surface area contributed by atoms with Crippen molar-refractivity contribution in [1.82, 2.24) is 24.4 Å². The first-order valence-corrected chi connectivity index (χ1v) is 11.0. The van der Waals surface area contributed by atoms with Crippen LogP contribution in [-0.2, 0) is 12.3 Å². The minimum Gasteiger partial charge on any atom is -0.314 e. The monoisotopic (exact) mass is 479 g/mol. The van der Waals surface area contributed by atoms with E-state index < -0.39 is 0 Å². The fourth-order valence-electron chi connectivity index (χ4n) is 2.71. The number of benzene rings is 1. The average molecular weight is 481 g/mol. The van der Waals surface area contributed by atoms with Crippen molar-refractivity contribution in [3.8, 4) is 0 Å². The van der Waals surface area contributed by atoms with Crippen molar-refractivity contribution in [3.63, 3.8) is 0 Å². The van der Waals surface area contributed by atoms with Crippen molar-refractivity contribution < 1.29 is 0 Å². The Hall–Kier alpha value is -0.760. The van der Waals surface area contributed by atoms with Crippen LogP contribution in [0.2, 0.25) is 5.02 Å². The van der Waals surface area contributed by atoms with E-state index in [0.29, 0.717) is 11.8 Å². The summed E-state index contributed by atoms with van der Waals surface area (Å²) in [6.07, 6.45) is 3.41. The highest BCUT2D eigenvalue weighted by Crippen LogP contribution is 2.28. The van der Waals surface area contributed by atoms with Gasteiger partial charge in [-0.2, -0.15) is 0 Å². The summed E-state index contributed by atoms with van der Waals surface area (Å²) in [5, 5.41) is 1.62. The molecule has 0 atom stereocenters. The second kappa shape index (κ2) is 12.1. The summed E-state index contributed by atoms with van der Waals surface area (Å²) in [6, 6.07) is 7.84. The van der Waals surface area contributed by atoms with Gasteiger partial charge >= 0.3 is 0 Å². The lowest BCUT2D eigenvalue weighted by atomic mass is 10.2. The third kappa shape index (κ3) is 6.12. The fraction of sp³-hybridized carbons (Fsp3) is 0.389. The lowest BCUT2D eigenvalue weighted by Crippen LogP contribution is -2.31. The standard InChI is InChI=1S/C18H20Cl3N5S.ClH/c19-5-7-25(8-6-20)9-10-26-13-24-16-17(26)22-12-23-18(16)27-11-14-3-1-2-4-15(14)21;/h1-4,12-13H,5-11H2;1H. The Morgan fingerprint density at radius 1 is 1.00 bits per heavy atom. The van der Waals surface area contributed by atoms with E-state index in [4.69, 9.17) is 34.8 Å². The van der Waals surface area contributed by atoms with Crippen LogP contribution < -0.4 is 0 Å². The van der Waals surface area contributed by atoms with Crippen molar-refractivity contribution >= 4 is 70.1 Å². The van der Waals surface area contributed by atoms with Crippen molar-refractivity contribution in [2.75, 3.05) is 31.4 Å². The van der Waals surface area contributed by atoms with E-state index in [9.17, 15) is 0 Å². The van der Waals surface area contributed by atoms with Gasteiger partial charge in [0, 0.05) is 48.7 Å². The van der Waals surface area contributed by atoms with Gasteiger partial charge in [0.25, 0.3) is 0 Å². The predicted molar refractivity (Wildman–Crippen MR) is 121 cm³/mol. The van der Waals surface area contributed by atoms with E-state index in [1.807, 2.05) is 35.2 Å². The van der Waals surface area contributed by atoms with Crippen molar-refractivity contribution in [2.45, 2.75) is 17.3 Å². The van der Waals surface area contributed by atoms with Crippen LogP contribution in [-0.4, -0.2) is 55.8 Å². The molecule has 2 aromatic heterocycles. The zero-order chi connectivity index (χ0) is 19.1. The minimum absolute atomic E-state index is 0. The van der Waals surface area contributed by atoms with Gasteiger partial charge in [-0.05, 0) is 11.6 Å². The second-order valence-electron chi connectivity index (χ2n) is 5.89. The van der Waals surface area contributed by atoms with E-state index in [2.05, 4.69) is 19.9 Å². The molecule has 0 N–H and O–H groups in total. The largest absolute Gasteiger partial charge is 0.314 e. The highest BCUT2D eigenvalue weighted by Gasteiger charge is 2.12. The SMILES string of the molecule is Cl.ClCCN(CCCl)CCn1cnc2c(SCc3ccccc3Cl)ncnc21. The zero-order valence-electron chi connectivity index (χ0n) is 15.1. The summed E-state index contributed by atoms with van der Waals surface area (Å²) >= 11 is 19.6. The first-order chi connectivity index (χ1) is 13.2. The number of aromatic nitrogens is 4. The highest BCUT2D eigenvalue weighted by molar-refractivity contribution is 7.98. The third-order valence-electron chi connectivity index (χ3n) is 4.15. The first kappa shape index (κ1) is 23.5. The number of imidazole rings is 1. The van der Waals surface area contributed by atoms with Gasteiger partial charge in [0.05, 0.1) is 6.33 Å². The zero-order valence-corrected chi connectivity index (χ0v) is 19.0. The van der Waals surface area contributed by atoms with Gasteiger partial charge in [0.2, 0.25) is 0 Å². The Morgan fingerprint density at radius 2 is 1.75 bits per heavy atom. The molecule has 0 aliphatic heterocycles. The van der Waals surface area contributed by atoms with E-state index in [0.717, 1.165) is 58.7 Å². The van der Waals surface area contributed by atoms with E-state index in [-0.39, 0.29) is 12.4 Å². The number of hydrogen-bond acceptors (Lipinski definition) is 5. The number of nitrogens with zero attached hydrogens (tertiary/aromatic N) is 5. The summed E-state index contributed by atoms with van der Waals surface area (Å²) in [5.74, 6) is 1.91. The number of rotatable bonds is 10. The fourth-order valence-corrected chi connectivity index (χ4v) is 4.42. The maximum atomic E-state index is 6.25. The maximum Gasteiger partial charge on any atom is 0.164 e. The Kier molecular flexibility index (Phi) is 10.1. The van der Waals surface area contributed by atoms with Crippen LogP contribution >= 0.6 is 59.0 Å². The molecule has 3 aromatic rings. The first-order valence-electron chi connectivity index (χ1n) is 8.59. The molecule has 0 aliphatic rings. The Morgan fingerprint density at radius 3 is 2.46 bits per heavy atom. The van der Waals surface area contributed by atoms with Crippen molar-refractivity contribution in [2.24, 2.45) is 0 Å². The van der Waals surface area contributed by atoms with Crippen LogP contribution in [0.15, 0.2) is 41.9 Å². The van der Waals surface area contributed by atoms with Crippen LogP contribution in [0.5, 0.6) is 0 Å². The Bertz CT molecular complexity index is 870. The van der Waals surface area contributed by atoms with Gasteiger partial charge in [0.1, 0.15) is 16.9 Å². The summed E-state index contributed by atoms with van der Waals surface area (Å²) in [4.78, 5) is 15.6. The summed E-state index contributed by atoms with van der Waals surface area (Å²) in [7, 11) is 0. The number of halogens is 4. The molecule has 0 amide bonds. The lowest BCUT2D eigenvalue weighted by Gasteiger charge is -2.20. The number of alkyl halides is 2. The van der Waals surface area contributed by atoms with Gasteiger partial charge in [0.15, 0.2) is 5.65 Å². The number of hydrogen-bond donors (Lipinski definition) is 0. The molecule has 10 heteroatoms. The molecule has 5 nitrogen and oxygen atoms in total. The smallest absolute Gasteiger partial charge is 0.164 e. The molecule has 0 unspecified atom stereocenters. The highest BCUT2D eigenvalue weighted by atomic mass is 35.5. The van der Waals surface area contributed by atoms with Crippen molar-refractivity contribution in [1.29, 1.82) is 0 Å². The molecule has 28 heavy (non-hydrogen) atoms. The topological polar surface area (TPSA) is 46.8 Å². The molecule has 0 radical (unpaired) electrons. The third-order valence-corrected chi connectivity index (χ3v) is 5.88. The normalized spacial score (nSPS) is 11.1. The molecule has 0 spiro atoms. The van der Waals surface area contributed by atoms with Crippen LogP contribution in [0.1, 0.15) is 5.56 Å². The Labute approximate surface area is 190 Å².